The van der Waals surface area contributed by atoms with E-state index in [9.17, 15) is 4.39 Å². The summed E-state index contributed by atoms with van der Waals surface area (Å²) in [6.45, 7) is 0.524. The Bertz CT molecular complexity index is 867. The molecular weight excluding hydrogens is 359 g/mol. The largest absolute Gasteiger partial charge is 0.497 e. The van der Waals surface area contributed by atoms with Gasteiger partial charge < -0.3 is 15.4 Å². The first-order valence-corrected chi connectivity index (χ1v) is 9.04. The first-order chi connectivity index (χ1) is 13.2. The fraction of sp³-hybridized carbons (Fsp3) is 0.136. The lowest BCUT2D eigenvalue weighted by atomic mass is 9.99. The number of thiocarbonyl (C=S) groups is 1. The number of ether oxygens (including phenoxy) is 1. The van der Waals surface area contributed by atoms with E-state index >= 15 is 0 Å². The van der Waals surface area contributed by atoms with Crippen molar-refractivity contribution in [3.8, 4) is 5.75 Å². The lowest BCUT2D eigenvalue weighted by molar-refractivity contribution is 0.414. The lowest BCUT2D eigenvalue weighted by Crippen LogP contribution is -2.37. The van der Waals surface area contributed by atoms with Crippen LogP contribution in [-0.4, -0.2) is 12.2 Å². The number of hydrogen-bond donors (Lipinski definition) is 2. The molecule has 0 unspecified atom stereocenters. The summed E-state index contributed by atoms with van der Waals surface area (Å²) in [4.78, 5) is 0. The smallest absolute Gasteiger partial charge is 0.167 e. The van der Waals surface area contributed by atoms with Gasteiger partial charge in [0.15, 0.2) is 5.11 Å². The Morgan fingerprint density at radius 1 is 0.926 bits per heavy atom. The lowest BCUT2D eigenvalue weighted by Gasteiger charge is -2.22. The van der Waals surface area contributed by atoms with Gasteiger partial charge in [0.2, 0.25) is 0 Å². The van der Waals surface area contributed by atoms with Gasteiger partial charge in [-0.1, -0.05) is 54.6 Å². The Balaban J connectivity index is 1.72. The van der Waals surface area contributed by atoms with Gasteiger partial charge in [0.1, 0.15) is 11.6 Å². The molecule has 0 saturated heterocycles. The molecule has 0 aliphatic heterocycles. The molecule has 0 bridgehead atoms. The van der Waals surface area contributed by atoms with Gasteiger partial charge in [-0.3, -0.25) is 0 Å². The Morgan fingerprint density at radius 3 is 2.19 bits per heavy atom. The molecule has 0 spiro atoms. The van der Waals surface area contributed by atoms with Crippen molar-refractivity contribution < 1.29 is 9.13 Å². The number of halogens is 1. The standard InChI is InChI=1S/C22H21FN2OS/c1-26-20-13-9-18(10-14-20)21(17-5-3-2-4-6-17)25-22(27)24-15-16-7-11-19(23)12-8-16/h2-14,21H,15H2,1H3,(H2,24,25,27)/t21-/m1/s1. The van der Waals surface area contributed by atoms with Crippen molar-refractivity contribution in [3.05, 3.63) is 101 Å². The van der Waals surface area contributed by atoms with E-state index in [4.69, 9.17) is 17.0 Å². The molecule has 138 valence electrons. The van der Waals surface area contributed by atoms with Gasteiger partial charge in [0.25, 0.3) is 0 Å². The van der Waals surface area contributed by atoms with Crippen LogP contribution in [0, 0.1) is 5.82 Å². The third-order valence-corrected chi connectivity index (χ3v) is 4.49. The van der Waals surface area contributed by atoms with Crippen molar-refractivity contribution in [2.75, 3.05) is 7.11 Å². The SMILES string of the molecule is COc1ccc([C@H](NC(=S)NCc2ccc(F)cc2)c2ccccc2)cc1. The van der Waals surface area contributed by atoms with Crippen LogP contribution >= 0.6 is 12.2 Å². The van der Waals surface area contributed by atoms with Crippen LogP contribution < -0.4 is 15.4 Å². The Kier molecular flexibility index (Phi) is 6.39. The molecule has 27 heavy (non-hydrogen) atoms. The van der Waals surface area contributed by atoms with E-state index in [1.54, 1.807) is 19.2 Å². The molecule has 0 radical (unpaired) electrons. The van der Waals surface area contributed by atoms with Crippen molar-refractivity contribution >= 4 is 17.3 Å². The van der Waals surface area contributed by atoms with Crippen molar-refractivity contribution in [2.24, 2.45) is 0 Å². The quantitative estimate of drug-likeness (QED) is 0.613. The minimum absolute atomic E-state index is 0.0923. The summed E-state index contributed by atoms with van der Waals surface area (Å²) in [5, 5.41) is 7.09. The van der Waals surface area contributed by atoms with Crippen LogP contribution in [-0.2, 0) is 6.54 Å². The molecule has 5 heteroatoms. The van der Waals surface area contributed by atoms with Crippen LogP contribution in [0.2, 0.25) is 0 Å². The molecular formula is C22H21FN2OS. The highest BCUT2D eigenvalue weighted by Crippen LogP contribution is 2.24. The van der Waals surface area contributed by atoms with E-state index in [-0.39, 0.29) is 11.9 Å². The average Bonchev–Trinajstić information content (AvgIpc) is 2.72. The molecule has 3 rings (SSSR count). The minimum atomic E-state index is -0.247. The Morgan fingerprint density at radius 2 is 1.56 bits per heavy atom. The van der Waals surface area contributed by atoms with Crippen LogP contribution in [0.5, 0.6) is 5.75 Å². The van der Waals surface area contributed by atoms with E-state index < -0.39 is 0 Å². The zero-order valence-electron chi connectivity index (χ0n) is 15.0. The number of hydrogen-bond acceptors (Lipinski definition) is 2. The Hall–Kier alpha value is -2.92. The monoisotopic (exact) mass is 380 g/mol. The van der Waals surface area contributed by atoms with E-state index in [0.717, 1.165) is 22.4 Å². The topological polar surface area (TPSA) is 33.3 Å². The van der Waals surface area contributed by atoms with Crippen LogP contribution in [0.4, 0.5) is 4.39 Å². The third kappa shape index (κ3) is 5.28. The van der Waals surface area contributed by atoms with Crippen LogP contribution in [0.1, 0.15) is 22.7 Å². The number of methoxy groups -OCH3 is 1. The van der Waals surface area contributed by atoms with Gasteiger partial charge >= 0.3 is 0 Å². The maximum absolute atomic E-state index is 13.0. The third-order valence-electron chi connectivity index (χ3n) is 4.22. The summed E-state index contributed by atoms with van der Waals surface area (Å²) in [5.41, 5.74) is 3.14. The number of rotatable bonds is 6. The zero-order valence-corrected chi connectivity index (χ0v) is 15.8. The number of benzene rings is 3. The van der Waals surface area contributed by atoms with Crippen molar-refractivity contribution in [1.29, 1.82) is 0 Å². The summed E-state index contributed by atoms with van der Waals surface area (Å²) in [7, 11) is 1.65. The summed E-state index contributed by atoms with van der Waals surface area (Å²) >= 11 is 5.48. The predicted molar refractivity (Wildman–Crippen MR) is 110 cm³/mol. The molecule has 0 fully saturated rings. The van der Waals surface area contributed by atoms with Crippen molar-refractivity contribution in [3.63, 3.8) is 0 Å². The highest BCUT2D eigenvalue weighted by atomic mass is 32.1. The summed E-state index contributed by atoms with van der Waals surface area (Å²) in [5.74, 6) is 0.561. The molecule has 3 aromatic carbocycles. The van der Waals surface area contributed by atoms with E-state index in [1.807, 2.05) is 42.5 Å². The highest BCUT2D eigenvalue weighted by molar-refractivity contribution is 7.80. The molecule has 3 nitrogen and oxygen atoms in total. The van der Waals surface area contributed by atoms with Gasteiger partial charge in [0, 0.05) is 6.54 Å². The van der Waals surface area contributed by atoms with Crippen LogP contribution in [0.3, 0.4) is 0 Å². The normalized spacial score (nSPS) is 11.5. The molecule has 0 aromatic heterocycles. The van der Waals surface area contributed by atoms with Gasteiger partial charge in [0.05, 0.1) is 13.2 Å². The molecule has 0 saturated carbocycles. The van der Waals surface area contributed by atoms with Gasteiger partial charge in [-0.25, -0.2) is 4.39 Å². The molecule has 2 N–H and O–H groups in total. The fourth-order valence-corrected chi connectivity index (χ4v) is 2.96. The van der Waals surface area contributed by atoms with E-state index in [0.29, 0.717) is 11.7 Å². The molecule has 0 heterocycles. The van der Waals surface area contributed by atoms with Crippen molar-refractivity contribution in [2.45, 2.75) is 12.6 Å². The molecule has 0 aliphatic carbocycles. The summed E-state index contributed by atoms with van der Waals surface area (Å²) < 4.78 is 18.3. The fourth-order valence-electron chi connectivity index (χ4n) is 2.77. The predicted octanol–water partition coefficient (Wildman–Crippen LogP) is 4.59. The first kappa shape index (κ1) is 18.9. The van der Waals surface area contributed by atoms with Gasteiger partial charge in [-0.2, -0.15) is 0 Å². The zero-order chi connectivity index (χ0) is 19.1. The molecule has 0 amide bonds. The minimum Gasteiger partial charge on any atom is -0.497 e. The second-order valence-electron chi connectivity index (χ2n) is 6.07. The molecule has 1 atom stereocenters. The molecule has 0 aliphatic rings. The average molecular weight is 380 g/mol. The van der Waals surface area contributed by atoms with E-state index in [1.165, 1.54) is 12.1 Å². The second-order valence-corrected chi connectivity index (χ2v) is 6.48. The van der Waals surface area contributed by atoms with Gasteiger partial charge in [-0.15, -0.1) is 0 Å². The molecule has 3 aromatic rings. The van der Waals surface area contributed by atoms with Gasteiger partial charge in [-0.05, 0) is 53.2 Å². The summed E-state index contributed by atoms with van der Waals surface area (Å²) in [6, 6.07) is 24.3. The Labute approximate surface area is 164 Å². The highest BCUT2D eigenvalue weighted by Gasteiger charge is 2.15. The van der Waals surface area contributed by atoms with E-state index in [2.05, 4.69) is 22.8 Å². The number of nitrogens with one attached hydrogen (secondary N) is 2. The summed E-state index contributed by atoms with van der Waals surface area (Å²) in [6.07, 6.45) is 0. The van der Waals surface area contributed by atoms with Crippen molar-refractivity contribution in [1.82, 2.24) is 10.6 Å². The maximum atomic E-state index is 13.0. The first-order valence-electron chi connectivity index (χ1n) is 8.63. The van der Waals surface area contributed by atoms with Crippen LogP contribution in [0.25, 0.3) is 0 Å². The van der Waals surface area contributed by atoms with Crippen LogP contribution in [0.15, 0.2) is 78.9 Å². The maximum Gasteiger partial charge on any atom is 0.167 e. The second kappa shape index (κ2) is 9.14.